The molecular weight excluding hydrogens is 290 g/mol. The maximum absolute atomic E-state index is 10.5. The summed E-state index contributed by atoms with van der Waals surface area (Å²) in [6.07, 6.45) is 3.13. The summed E-state index contributed by atoms with van der Waals surface area (Å²) in [5.41, 5.74) is 0. The first-order chi connectivity index (χ1) is 11.0. The van der Waals surface area contributed by atoms with Crippen molar-refractivity contribution in [3.8, 4) is 0 Å². The van der Waals surface area contributed by atoms with Crippen LogP contribution in [0, 0.1) is 5.92 Å². The van der Waals surface area contributed by atoms with Crippen LogP contribution < -0.4 is 0 Å². The normalized spacial score (nSPS) is 28.8. The van der Waals surface area contributed by atoms with Crippen LogP contribution in [0.25, 0.3) is 0 Å². The van der Waals surface area contributed by atoms with Gasteiger partial charge in [-0.05, 0) is 45.2 Å². The Morgan fingerprint density at radius 1 is 0.957 bits per heavy atom. The fraction of sp³-hybridized carbons (Fsp3) is 1.00. The molecule has 2 aliphatic rings. The highest BCUT2D eigenvalue weighted by Crippen LogP contribution is 2.17. The minimum Gasteiger partial charge on any atom is -0.392 e. The molecule has 5 nitrogen and oxygen atoms in total. The first-order valence-electron chi connectivity index (χ1n) is 9.52. The Morgan fingerprint density at radius 3 is 2.22 bits per heavy atom. The first-order valence-corrected chi connectivity index (χ1v) is 9.52. The highest BCUT2D eigenvalue weighted by Gasteiger charge is 2.28. The molecule has 0 aromatic heterocycles. The molecule has 2 aliphatic heterocycles. The lowest BCUT2D eigenvalue weighted by Crippen LogP contribution is -2.56. The number of hydrogen-bond acceptors (Lipinski definition) is 5. The second-order valence-electron chi connectivity index (χ2n) is 7.80. The molecule has 136 valence electrons. The SMILES string of the molecule is CC[C@@H]1CN(C[C@@H](O)CN2CCC(C)CC2)CCN1C[C@H](C)O. The van der Waals surface area contributed by atoms with Gasteiger partial charge >= 0.3 is 0 Å². The van der Waals surface area contributed by atoms with E-state index in [1.54, 1.807) is 0 Å². The minimum atomic E-state index is -0.261. The van der Waals surface area contributed by atoms with Gasteiger partial charge in [0.25, 0.3) is 0 Å². The molecule has 0 aromatic carbocycles. The van der Waals surface area contributed by atoms with Crippen molar-refractivity contribution >= 4 is 0 Å². The van der Waals surface area contributed by atoms with Gasteiger partial charge in [-0.2, -0.15) is 0 Å². The summed E-state index contributed by atoms with van der Waals surface area (Å²) in [6, 6.07) is 0.501. The monoisotopic (exact) mass is 327 g/mol. The van der Waals surface area contributed by atoms with Crippen LogP contribution in [0.1, 0.15) is 40.0 Å². The quantitative estimate of drug-likeness (QED) is 0.726. The Labute approximate surface area is 142 Å². The molecule has 0 unspecified atom stereocenters. The highest BCUT2D eigenvalue weighted by molar-refractivity contribution is 4.84. The van der Waals surface area contributed by atoms with Crippen molar-refractivity contribution in [1.29, 1.82) is 0 Å². The fourth-order valence-corrected chi connectivity index (χ4v) is 3.99. The van der Waals surface area contributed by atoms with Gasteiger partial charge in [-0.25, -0.2) is 0 Å². The van der Waals surface area contributed by atoms with Crippen LogP contribution in [-0.4, -0.2) is 95.5 Å². The number of hydrogen-bond donors (Lipinski definition) is 2. The predicted molar refractivity (Wildman–Crippen MR) is 94.6 cm³/mol. The number of β-amino-alcohol motifs (C(OH)–C–C–N with tert-alkyl or cyclic N) is 2. The van der Waals surface area contributed by atoms with E-state index in [-0.39, 0.29) is 12.2 Å². The summed E-state index contributed by atoms with van der Waals surface area (Å²) in [5, 5.41) is 20.1. The summed E-state index contributed by atoms with van der Waals surface area (Å²) < 4.78 is 0. The summed E-state index contributed by atoms with van der Waals surface area (Å²) >= 11 is 0. The summed E-state index contributed by atoms with van der Waals surface area (Å²) in [7, 11) is 0. The third kappa shape index (κ3) is 6.31. The van der Waals surface area contributed by atoms with Gasteiger partial charge in [-0.3, -0.25) is 9.80 Å². The lowest BCUT2D eigenvalue weighted by atomic mass is 9.99. The molecular formula is C18H37N3O2. The highest BCUT2D eigenvalue weighted by atomic mass is 16.3. The van der Waals surface area contributed by atoms with Gasteiger partial charge < -0.3 is 15.1 Å². The van der Waals surface area contributed by atoms with Crippen molar-refractivity contribution in [2.45, 2.75) is 58.3 Å². The number of rotatable bonds is 7. The molecule has 0 bridgehead atoms. The molecule has 2 heterocycles. The van der Waals surface area contributed by atoms with Crippen LogP contribution in [0.4, 0.5) is 0 Å². The molecule has 0 saturated carbocycles. The zero-order chi connectivity index (χ0) is 16.8. The summed E-state index contributed by atoms with van der Waals surface area (Å²) in [5.74, 6) is 0.843. The van der Waals surface area contributed by atoms with Gasteiger partial charge in [-0.1, -0.05) is 13.8 Å². The van der Waals surface area contributed by atoms with Gasteiger partial charge in [0.2, 0.25) is 0 Å². The van der Waals surface area contributed by atoms with Crippen molar-refractivity contribution in [2.24, 2.45) is 5.92 Å². The Morgan fingerprint density at radius 2 is 1.61 bits per heavy atom. The van der Waals surface area contributed by atoms with E-state index in [0.717, 1.165) is 64.7 Å². The zero-order valence-electron chi connectivity index (χ0n) is 15.3. The van der Waals surface area contributed by atoms with Crippen molar-refractivity contribution in [3.05, 3.63) is 0 Å². The molecule has 2 rings (SSSR count). The maximum Gasteiger partial charge on any atom is 0.0793 e. The van der Waals surface area contributed by atoms with Crippen LogP contribution in [0.2, 0.25) is 0 Å². The molecule has 0 aromatic rings. The summed E-state index contributed by atoms with van der Waals surface area (Å²) in [4.78, 5) is 7.23. The first kappa shape index (κ1) is 19.1. The number of nitrogens with zero attached hydrogens (tertiary/aromatic N) is 3. The molecule has 3 atom stereocenters. The van der Waals surface area contributed by atoms with Crippen LogP contribution in [-0.2, 0) is 0 Å². The van der Waals surface area contributed by atoms with E-state index in [9.17, 15) is 10.2 Å². The van der Waals surface area contributed by atoms with Gasteiger partial charge in [0.1, 0.15) is 0 Å². The van der Waals surface area contributed by atoms with Gasteiger partial charge in [-0.15, -0.1) is 0 Å². The second kappa shape index (κ2) is 9.33. The number of piperazine rings is 1. The third-order valence-electron chi connectivity index (χ3n) is 5.47. The number of aliphatic hydroxyl groups is 2. The molecule has 2 fully saturated rings. The van der Waals surface area contributed by atoms with Crippen LogP contribution >= 0.6 is 0 Å². The summed E-state index contributed by atoms with van der Waals surface area (Å²) in [6.45, 7) is 14.0. The van der Waals surface area contributed by atoms with Crippen molar-refractivity contribution in [2.75, 3.05) is 52.4 Å². The predicted octanol–water partition coefficient (Wildman–Crippen LogP) is 0.856. The number of likely N-dealkylation sites (tertiary alicyclic amines) is 1. The van der Waals surface area contributed by atoms with E-state index in [1.807, 2.05) is 6.92 Å². The van der Waals surface area contributed by atoms with Gasteiger partial charge in [0.05, 0.1) is 12.2 Å². The molecule has 0 aliphatic carbocycles. The van der Waals surface area contributed by atoms with E-state index in [4.69, 9.17) is 0 Å². The molecule has 2 N–H and O–H groups in total. The second-order valence-corrected chi connectivity index (χ2v) is 7.80. The van der Waals surface area contributed by atoms with E-state index < -0.39 is 0 Å². The Bertz CT molecular complexity index is 332. The lowest BCUT2D eigenvalue weighted by molar-refractivity contribution is 0.00769. The molecule has 5 heteroatoms. The number of piperidine rings is 1. The van der Waals surface area contributed by atoms with Crippen LogP contribution in [0.15, 0.2) is 0 Å². The zero-order valence-corrected chi connectivity index (χ0v) is 15.3. The lowest BCUT2D eigenvalue weighted by Gasteiger charge is -2.42. The van der Waals surface area contributed by atoms with E-state index in [0.29, 0.717) is 6.04 Å². The van der Waals surface area contributed by atoms with E-state index in [2.05, 4.69) is 28.5 Å². The van der Waals surface area contributed by atoms with Crippen LogP contribution in [0.5, 0.6) is 0 Å². The van der Waals surface area contributed by atoms with E-state index in [1.165, 1.54) is 12.8 Å². The Hall–Kier alpha value is -0.200. The molecule has 0 spiro atoms. The van der Waals surface area contributed by atoms with Gasteiger partial charge in [0, 0.05) is 45.3 Å². The minimum absolute atomic E-state index is 0.246. The molecule has 2 saturated heterocycles. The molecule has 0 amide bonds. The average molecular weight is 328 g/mol. The van der Waals surface area contributed by atoms with Crippen LogP contribution in [0.3, 0.4) is 0 Å². The molecule has 23 heavy (non-hydrogen) atoms. The maximum atomic E-state index is 10.5. The van der Waals surface area contributed by atoms with Crippen molar-refractivity contribution in [3.63, 3.8) is 0 Å². The Kier molecular flexibility index (Phi) is 7.76. The standard InChI is InChI=1S/C18H37N3O2/c1-4-17-12-20(9-10-21(17)11-16(3)22)14-18(23)13-19-7-5-15(2)6-8-19/h15-18,22-23H,4-14H2,1-3H3/t16-,17+,18-/m0/s1. The van der Waals surface area contributed by atoms with E-state index >= 15 is 0 Å². The average Bonchev–Trinajstić information content (AvgIpc) is 2.50. The van der Waals surface area contributed by atoms with Gasteiger partial charge in [0.15, 0.2) is 0 Å². The Balaban J connectivity index is 1.73. The third-order valence-corrected chi connectivity index (χ3v) is 5.47. The topological polar surface area (TPSA) is 50.2 Å². The fourth-order valence-electron chi connectivity index (χ4n) is 3.99. The smallest absolute Gasteiger partial charge is 0.0793 e. The largest absolute Gasteiger partial charge is 0.392 e. The van der Waals surface area contributed by atoms with Crippen molar-refractivity contribution in [1.82, 2.24) is 14.7 Å². The van der Waals surface area contributed by atoms with Crippen molar-refractivity contribution < 1.29 is 10.2 Å². The number of aliphatic hydroxyl groups excluding tert-OH is 2. The molecule has 0 radical (unpaired) electrons.